The Morgan fingerprint density at radius 1 is 1.48 bits per heavy atom. The zero-order valence-corrected chi connectivity index (χ0v) is 15.4. The molecular weight excluding hydrogens is 331 g/mol. The average Bonchev–Trinajstić information content (AvgIpc) is 2.25. The van der Waals surface area contributed by atoms with Gasteiger partial charge in [-0.2, -0.15) is 8.42 Å². The zero-order chi connectivity index (χ0) is 15.5. The molecule has 0 bridgehead atoms. The van der Waals surface area contributed by atoms with E-state index in [1.54, 1.807) is 13.8 Å². The number of rotatable bonds is 6. The summed E-state index contributed by atoms with van der Waals surface area (Å²) < 4.78 is 31.0. The first kappa shape index (κ1) is 20.6. The van der Waals surface area contributed by atoms with E-state index in [1.807, 2.05) is 0 Å². The first-order valence-electron chi connectivity index (χ1n) is 5.60. The summed E-state index contributed by atoms with van der Waals surface area (Å²) in [5.74, 6) is -1.20. The molecule has 0 aliphatic rings. The largest absolute Gasteiger partial charge is 1.00 e. The summed E-state index contributed by atoms with van der Waals surface area (Å²) in [6, 6.07) is 1.92. The van der Waals surface area contributed by atoms with Crippen LogP contribution in [0.25, 0.3) is 0 Å². The number of halogens is 1. The van der Waals surface area contributed by atoms with Gasteiger partial charge in [-0.3, -0.25) is 4.55 Å². The molecule has 0 aliphatic carbocycles. The van der Waals surface area contributed by atoms with E-state index in [0.29, 0.717) is 11.3 Å². The van der Waals surface area contributed by atoms with E-state index in [1.165, 1.54) is 6.07 Å². The number of hydrazine groups is 1. The van der Waals surface area contributed by atoms with Gasteiger partial charge in [0.15, 0.2) is 0 Å². The summed E-state index contributed by atoms with van der Waals surface area (Å²) in [7, 11) is -4.33. The molecule has 0 radical (unpaired) electrons. The Morgan fingerprint density at radius 3 is 2.48 bits per heavy atom. The summed E-state index contributed by atoms with van der Waals surface area (Å²) in [6.07, 6.45) is -0.202. The van der Waals surface area contributed by atoms with E-state index in [-0.39, 0.29) is 45.9 Å². The van der Waals surface area contributed by atoms with Crippen LogP contribution in [0, 0.1) is 6.92 Å². The molecule has 0 fully saturated rings. The Labute approximate surface area is 150 Å². The van der Waals surface area contributed by atoms with E-state index < -0.39 is 22.1 Å². The molecule has 0 aromatic heterocycles. The van der Waals surface area contributed by atoms with Crippen LogP contribution in [0.15, 0.2) is 17.0 Å². The molecule has 1 aromatic rings. The van der Waals surface area contributed by atoms with Crippen LogP contribution in [0.4, 0.5) is 5.69 Å². The molecule has 0 saturated heterocycles. The third-order valence-electron chi connectivity index (χ3n) is 2.48. The maximum Gasteiger partial charge on any atom is 1.00 e. The maximum absolute atomic E-state index is 11.0. The molecular formula is C11H14ClN2NaO5S. The van der Waals surface area contributed by atoms with E-state index in [0.717, 1.165) is 6.07 Å². The number of nitrogens with one attached hydrogen (secondary N) is 2. The second kappa shape index (κ2) is 8.33. The fourth-order valence-electron chi connectivity index (χ4n) is 1.52. The summed E-state index contributed by atoms with van der Waals surface area (Å²) >= 11 is 5.92. The second-order valence-electron chi connectivity index (χ2n) is 4.32. The van der Waals surface area contributed by atoms with Crippen molar-refractivity contribution in [1.29, 1.82) is 0 Å². The fourth-order valence-corrected chi connectivity index (χ4v) is 2.49. The van der Waals surface area contributed by atoms with Crippen molar-refractivity contribution in [2.75, 3.05) is 5.43 Å². The molecule has 0 spiro atoms. The summed E-state index contributed by atoms with van der Waals surface area (Å²) in [4.78, 5) is 10.1. The van der Waals surface area contributed by atoms with Gasteiger partial charge in [-0.25, -0.2) is 5.43 Å². The number of aliphatic carboxylic acids is 1. The second-order valence-corrected chi connectivity index (χ2v) is 6.15. The predicted molar refractivity (Wildman–Crippen MR) is 71.8 cm³/mol. The molecule has 0 amide bonds. The SMILES string of the molecule is Cc1cc(S(=O)(=O)O)cc(Cl)c1NNC(C)CC(=O)[O-].[Na+]. The molecule has 0 saturated carbocycles. The van der Waals surface area contributed by atoms with Crippen LogP contribution < -0.4 is 45.5 Å². The van der Waals surface area contributed by atoms with Crippen LogP contribution in [-0.4, -0.2) is 25.0 Å². The Balaban J connectivity index is 0.00000400. The first-order chi connectivity index (χ1) is 9.11. The van der Waals surface area contributed by atoms with Crippen molar-refractivity contribution in [1.82, 2.24) is 5.43 Å². The minimum absolute atomic E-state index is 0. The normalized spacial score (nSPS) is 12.4. The molecule has 1 atom stereocenters. The Hall–Kier alpha value is -0.350. The van der Waals surface area contributed by atoms with Crippen molar-refractivity contribution < 1.29 is 52.4 Å². The van der Waals surface area contributed by atoms with Crippen molar-refractivity contribution in [3.05, 3.63) is 22.7 Å². The number of carboxylic acid groups (broad SMARTS) is 1. The molecule has 10 heteroatoms. The van der Waals surface area contributed by atoms with Gasteiger partial charge in [0.25, 0.3) is 10.1 Å². The number of carboxylic acids is 1. The van der Waals surface area contributed by atoms with Gasteiger partial charge < -0.3 is 15.3 Å². The first-order valence-corrected chi connectivity index (χ1v) is 7.42. The van der Waals surface area contributed by atoms with Crippen LogP contribution in [-0.2, 0) is 14.9 Å². The van der Waals surface area contributed by atoms with Gasteiger partial charge in [-0.05, 0) is 31.5 Å². The minimum Gasteiger partial charge on any atom is -0.550 e. The third kappa shape index (κ3) is 6.52. The van der Waals surface area contributed by atoms with Crippen LogP contribution in [0.5, 0.6) is 0 Å². The quantitative estimate of drug-likeness (QED) is 0.293. The zero-order valence-electron chi connectivity index (χ0n) is 11.8. The predicted octanol–water partition coefficient (Wildman–Crippen LogP) is -2.66. The standard InChI is InChI=1S/C11H15ClN2O5S.Na/c1-6-3-8(20(17,18)19)5-9(12)11(6)14-13-7(2)4-10(15)16;/h3,5,7,13-14H,4H2,1-2H3,(H,15,16)(H,17,18,19);/q;+1/p-1. The van der Waals surface area contributed by atoms with E-state index >= 15 is 0 Å². The van der Waals surface area contributed by atoms with Crippen LogP contribution in [0.3, 0.4) is 0 Å². The van der Waals surface area contributed by atoms with Gasteiger partial charge in [-0.15, -0.1) is 0 Å². The van der Waals surface area contributed by atoms with E-state index in [2.05, 4.69) is 10.9 Å². The van der Waals surface area contributed by atoms with Gasteiger partial charge in [0.1, 0.15) is 0 Å². The van der Waals surface area contributed by atoms with Crippen LogP contribution in [0.2, 0.25) is 5.02 Å². The Kier molecular flexibility index (Phi) is 8.19. The van der Waals surface area contributed by atoms with Crippen molar-refractivity contribution >= 4 is 33.4 Å². The molecule has 21 heavy (non-hydrogen) atoms. The molecule has 0 aliphatic heterocycles. The number of aryl methyl sites for hydroxylation is 1. The van der Waals surface area contributed by atoms with Gasteiger partial charge >= 0.3 is 29.6 Å². The number of anilines is 1. The van der Waals surface area contributed by atoms with Gasteiger partial charge in [0.2, 0.25) is 0 Å². The molecule has 1 aromatic carbocycles. The molecule has 1 rings (SSSR count). The van der Waals surface area contributed by atoms with Crippen LogP contribution >= 0.6 is 11.6 Å². The summed E-state index contributed by atoms with van der Waals surface area (Å²) in [6.45, 7) is 3.21. The van der Waals surface area contributed by atoms with Crippen molar-refractivity contribution in [3.8, 4) is 0 Å². The minimum atomic E-state index is -4.33. The number of carbonyl (C=O) groups excluding carboxylic acids is 1. The molecule has 112 valence electrons. The topological polar surface area (TPSA) is 119 Å². The van der Waals surface area contributed by atoms with E-state index in [4.69, 9.17) is 16.2 Å². The van der Waals surface area contributed by atoms with Gasteiger partial charge in [0.05, 0.1) is 15.6 Å². The Bertz CT molecular complexity index is 600. The third-order valence-corrected chi connectivity index (χ3v) is 3.60. The van der Waals surface area contributed by atoms with Crippen LogP contribution in [0.1, 0.15) is 18.9 Å². The van der Waals surface area contributed by atoms with Gasteiger partial charge in [0, 0.05) is 18.4 Å². The van der Waals surface area contributed by atoms with Crippen molar-refractivity contribution in [2.45, 2.75) is 31.2 Å². The van der Waals surface area contributed by atoms with Crippen molar-refractivity contribution in [2.24, 2.45) is 0 Å². The molecule has 7 nitrogen and oxygen atoms in total. The summed E-state index contributed by atoms with van der Waals surface area (Å²) in [5.41, 5.74) is 6.28. The number of benzene rings is 1. The van der Waals surface area contributed by atoms with E-state index in [9.17, 15) is 18.3 Å². The maximum atomic E-state index is 11.0. The van der Waals surface area contributed by atoms with Gasteiger partial charge in [-0.1, -0.05) is 11.6 Å². The monoisotopic (exact) mass is 344 g/mol. The number of carbonyl (C=O) groups is 1. The molecule has 1 unspecified atom stereocenters. The smallest absolute Gasteiger partial charge is 0.550 e. The average molecular weight is 345 g/mol. The number of hydrogen-bond acceptors (Lipinski definition) is 6. The summed E-state index contributed by atoms with van der Waals surface area (Å²) in [5, 5.41) is 10.5. The van der Waals surface area contributed by atoms with Crippen molar-refractivity contribution in [3.63, 3.8) is 0 Å². The molecule has 0 heterocycles. The molecule has 3 N–H and O–H groups in total. The number of hydrogen-bond donors (Lipinski definition) is 3. The fraction of sp³-hybridized carbons (Fsp3) is 0.364. The Morgan fingerprint density at radius 2 is 2.05 bits per heavy atom.